The van der Waals surface area contributed by atoms with Gasteiger partial charge in [0.25, 0.3) is 0 Å². The Morgan fingerprint density at radius 1 is 0.778 bits per heavy atom. The SMILES string of the molecule is CC1CCN(C(=O)C2CCC(C(=O)N3CCc4ccccc4C3)CC2)CC1. The van der Waals surface area contributed by atoms with Gasteiger partial charge in [0.15, 0.2) is 0 Å². The molecule has 1 aromatic carbocycles. The van der Waals surface area contributed by atoms with Crippen molar-refractivity contribution in [1.29, 1.82) is 0 Å². The Hall–Kier alpha value is -1.84. The fraction of sp³-hybridized carbons (Fsp3) is 0.652. The molecule has 4 nitrogen and oxygen atoms in total. The minimum atomic E-state index is 0.112. The van der Waals surface area contributed by atoms with Crippen LogP contribution in [0.4, 0.5) is 0 Å². The molecule has 27 heavy (non-hydrogen) atoms. The second-order valence-corrected chi connectivity index (χ2v) is 8.83. The molecule has 2 heterocycles. The van der Waals surface area contributed by atoms with E-state index in [-0.39, 0.29) is 11.8 Å². The van der Waals surface area contributed by atoms with E-state index in [4.69, 9.17) is 0 Å². The van der Waals surface area contributed by atoms with Gasteiger partial charge in [0, 0.05) is 38.0 Å². The zero-order chi connectivity index (χ0) is 18.8. The summed E-state index contributed by atoms with van der Waals surface area (Å²) in [5, 5.41) is 0. The van der Waals surface area contributed by atoms with Crippen LogP contribution in [-0.4, -0.2) is 41.2 Å². The summed E-state index contributed by atoms with van der Waals surface area (Å²) in [4.78, 5) is 29.9. The topological polar surface area (TPSA) is 40.6 Å². The largest absolute Gasteiger partial charge is 0.342 e. The summed E-state index contributed by atoms with van der Waals surface area (Å²) in [7, 11) is 0. The van der Waals surface area contributed by atoms with E-state index < -0.39 is 0 Å². The predicted octanol–water partition coefficient (Wildman–Crippen LogP) is 3.64. The fourth-order valence-corrected chi connectivity index (χ4v) is 5.02. The van der Waals surface area contributed by atoms with Gasteiger partial charge in [0.2, 0.25) is 11.8 Å². The van der Waals surface area contributed by atoms with Crippen molar-refractivity contribution in [2.45, 2.75) is 58.4 Å². The number of piperidine rings is 1. The molecule has 2 fully saturated rings. The zero-order valence-electron chi connectivity index (χ0n) is 16.5. The van der Waals surface area contributed by atoms with Gasteiger partial charge in [-0.3, -0.25) is 9.59 Å². The van der Waals surface area contributed by atoms with Crippen LogP contribution < -0.4 is 0 Å². The monoisotopic (exact) mass is 368 g/mol. The number of carbonyl (C=O) groups excluding carboxylic acids is 2. The molecule has 1 saturated heterocycles. The minimum absolute atomic E-state index is 0.112. The van der Waals surface area contributed by atoms with Crippen LogP contribution in [0.5, 0.6) is 0 Å². The van der Waals surface area contributed by atoms with Crippen LogP contribution >= 0.6 is 0 Å². The van der Waals surface area contributed by atoms with E-state index in [9.17, 15) is 9.59 Å². The zero-order valence-corrected chi connectivity index (χ0v) is 16.5. The molecule has 0 bridgehead atoms. The molecule has 2 aliphatic heterocycles. The van der Waals surface area contributed by atoms with E-state index in [2.05, 4.69) is 36.1 Å². The van der Waals surface area contributed by atoms with Crippen molar-refractivity contribution in [3.8, 4) is 0 Å². The minimum Gasteiger partial charge on any atom is -0.342 e. The smallest absolute Gasteiger partial charge is 0.225 e. The van der Waals surface area contributed by atoms with Crippen LogP contribution in [0.1, 0.15) is 56.6 Å². The highest BCUT2D eigenvalue weighted by Gasteiger charge is 2.35. The molecule has 0 N–H and O–H groups in total. The number of nitrogens with zero attached hydrogens (tertiary/aromatic N) is 2. The van der Waals surface area contributed by atoms with Crippen LogP contribution in [0.15, 0.2) is 24.3 Å². The highest BCUT2D eigenvalue weighted by Crippen LogP contribution is 2.33. The van der Waals surface area contributed by atoms with Gasteiger partial charge in [-0.15, -0.1) is 0 Å². The maximum Gasteiger partial charge on any atom is 0.225 e. The van der Waals surface area contributed by atoms with Crippen LogP contribution in [0, 0.1) is 17.8 Å². The highest BCUT2D eigenvalue weighted by atomic mass is 16.2. The fourth-order valence-electron chi connectivity index (χ4n) is 5.02. The summed E-state index contributed by atoms with van der Waals surface area (Å²) in [6.45, 7) is 5.70. The van der Waals surface area contributed by atoms with Gasteiger partial charge in [-0.05, 0) is 62.0 Å². The van der Waals surface area contributed by atoms with E-state index in [0.717, 1.165) is 77.0 Å². The lowest BCUT2D eigenvalue weighted by Crippen LogP contribution is -2.44. The average Bonchev–Trinajstić information content (AvgIpc) is 2.73. The van der Waals surface area contributed by atoms with E-state index in [1.54, 1.807) is 0 Å². The van der Waals surface area contributed by atoms with Crippen LogP contribution in [-0.2, 0) is 22.6 Å². The van der Waals surface area contributed by atoms with E-state index >= 15 is 0 Å². The molecular formula is C23H32N2O2. The third-order valence-electron chi connectivity index (χ3n) is 6.96. The molecule has 1 aromatic rings. The number of fused-ring (bicyclic) bond motifs is 1. The predicted molar refractivity (Wildman–Crippen MR) is 106 cm³/mol. The van der Waals surface area contributed by atoms with Crippen molar-refractivity contribution in [2.75, 3.05) is 19.6 Å². The van der Waals surface area contributed by atoms with Gasteiger partial charge < -0.3 is 9.80 Å². The maximum atomic E-state index is 13.0. The molecule has 146 valence electrons. The molecule has 0 unspecified atom stereocenters. The third-order valence-corrected chi connectivity index (χ3v) is 6.96. The quantitative estimate of drug-likeness (QED) is 0.800. The number of likely N-dealkylation sites (tertiary alicyclic amines) is 1. The third kappa shape index (κ3) is 4.04. The Bertz CT molecular complexity index is 685. The molecule has 0 atom stereocenters. The van der Waals surface area contributed by atoms with E-state index in [1.165, 1.54) is 11.1 Å². The van der Waals surface area contributed by atoms with Crippen molar-refractivity contribution in [3.63, 3.8) is 0 Å². The Balaban J connectivity index is 1.29. The standard InChI is InChI=1S/C23H32N2O2/c1-17-10-13-24(14-11-17)22(26)19-6-8-20(9-7-19)23(27)25-15-12-18-4-2-3-5-21(18)16-25/h2-5,17,19-20H,6-16H2,1H3. The molecular weight excluding hydrogens is 336 g/mol. The van der Waals surface area contributed by atoms with Crippen molar-refractivity contribution in [3.05, 3.63) is 35.4 Å². The molecule has 0 radical (unpaired) electrons. The van der Waals surface area contributed by atoms with Gasteiger partial charge in [-0.1, -0.05) is 31.2 Å². The second kappa shape index (κ2) is 8.04. The van der Waals surface area contributed by atoms with Crippen molar-refractivity contribution < 1.29 is 9.59 Å². The summed E-state index contributed by atoms with van der Waals surface area (Å²) in [5.74, 6) is 1.66. The number of amides is 2. The Morgan fingerprint density at radius 3 is 1.96 bits per heavy atom. The number of carbonyl (C=O) groups is 2. The van der Waals surface area contributed by atoms with Gasteiger partial charge in [0.05, 0.1) is 0 Å². The van der Waals surface area contributed by atoms with E-state index in [0.29, 0.717) is 11.8 Å². The normalized spacial score (nSPS) is 26.6. The number of hydrogen-bond acceptors (Lipinski definition) is 2. The lowest BCUT2D eigenvalue weighted by atomic mass is 9.80. The summed E-state index contributed by atoms with van der Waals surface area (Å²) in [6.07, 6.45) is 6.74. The Labute approximate surface area is 162 Å². The summed E-state index contributed by atoms with van der Waals surface area (Å²) < 4.78 is 0. The summed E-state index contributed by atoms with van der Waals surface area (Å²) in [5.41, 5.74) is 2.67. The first-order valence-corrected chi connectivity index (χ1v) is 10.8. The maximum absolute atomic E-state index is 13.0. The second-order valence-electron chi connectivity index (χ2n) is 8.83. The molecule has 3 aliphatic rings. The Kier molecular flexibility index (Phi) is 5.51. The van der Waals surface area contributed by atoms with Gasteiger partial charge in [-0.2, -0.15) is 0 Å². The van der Waals surface area contributed by atoms with Gasteiger partial charge >= 0.3 is 0 Å². The molecule has 1 aliphatic carbocycles. The molecule has 2 amide bonds. The molecule has 4 rings (SSSR count). The molecule has 4 heteroatoms. The van der Waals surface area contributed by atoms with Crippen molar-refractivity contribution >= 4 is 11.8 Å². The number of benzene rings is 1. The highest BCUT2D eigenvalue weighted by molar-refractivity contribution is 5.81. The van der Waals surface area contributed by atoms with Crippen LogP contribution in [0.25, 0.3) is 0 Å². The van der Waals surface area contributed by atoms with Gasteiger partial charge in [-0.25, -0.2) is 0 Å². The molecule has 0 aromatic heterocycles. The van der Waals surface area contributed by atoms with Crippen LogP contribution in [0.2, 0.25) is 0 Å². The average molecular weight is 369 g/mol. The molecule has 0 spiro atoms. The number of rotatable bonds is 2. The first kappa shape index (κ1) is 18.5. The van der Waals surface area contributed by atoms with Crippen LogP contribution in [0.3, 0.4) is 0 Å². The lowest BCUT2D eigenvalue weighted by molar-refractivity contribution is -0.142. The Morgan fingerprint density at radius 2 is 1.33 bits per heavy atom. The first-order chi connectivity index (χ1) is 13.1. The molecule has 1 saturated carbocycles. The lowest BCUT2D eigenvalue weighted by Gasteiger charge is -2.37. The summed E-state index contributed by atoms with van der Waals surface area (Å²) >= 11 is 0. The summed E-state index contributed by atoms with van der Waals surface area (Å²) in [6, 6.07) is 8.46. The van der Waals surface area contributed by atoms with Crippen molar-refractivity contribution in [2.24, 2.45) is 17.8 Å². The first-order valence-electron chi connectivity index (χ1n) is 10.8. The number of hydrogen-bond donors (Lipinski definition) is 0. The van der Waals surface area contributed by atoms with Crippen molar-refractivity contribution in [1.82, 2.24) is 9.80 Å². The van der Waals surface area contributed by atoms with Gasteiger partial charge in [0.1, 0.15) is 0 Å². The van der Waals surface area contributed by atoms with E-state index in [1.807, 2.05) is 4.90 Å².